The minimum absolute atomic E-state index is 0.0169. The summed E-state index contributed by atoms with van der Waals surface area (Å²) in [6, 6.07) is 21.7. The summed E-state index contributed by atoms with van der Waals surface area (Å²) in [7, 11) is 0. The predicted octanol–water partition coefficient (Wildman–Crippen LogP) is 3.68. The molecule has 4 aromatic rings. The Labute approximate surface area is 204 Å². The second-order valence-corrected chi connectivity index (χ2v) is 9.15. The van der Waals surface area contributed by atoms with Gasteiger partial charge >= 0.3 is 0 Å². The first-order chi connectivity index (χ1) is 17.1. The van der Waals surface area contributed by atoms with Crippen LogP contribution < -0.4 is 15.8 Å². The van der Waals surface area contributed by atoms with E-state index in [0.29, 0.717) is 43.2 Å². The van der Waals surface area contributed by atoms with E-state index in [9.17, 15) is 9.59 Å². The molecule has 0 radical (unpaired) electrons. The van der Waals surface area contributed by atoms with Crippen molar-refractivity contribution in [2.45, 2.75) is 32.9 Å². The standard InChI is InChI=1S/C28H29N5O2/c1-20-8-5-11-22(16-20)17-30-27(34)23-12-7-15-32(19-23)26-28(35)33(18-21-9-3-2-4-10-21)25-24(31-26)13-6-14-29-25/h2-6,8-11,13-14,16,23H,7,12,15,17-19H2,1H3,(H,30,34)/t23-/m0/s1. The van der Waals surface area contributed by atoms with E-state index in [4.69, 9.17) is 4.98 Å². The number of hydrogen-bond donors (Lipinski definition) is 1. The van der Waals surface area contributed by atoms with E-state index in [-0.39, 0.29) is 17.4 Å². The van der Waals surface area contributed by atoms with Gasteiger partial charge in [-0.2, -0.15) is 0 Å². The van der Waals surface area contributed by atoms with Crippen LogP contribution in [0.3, 0.4) is 0 Å². The summed E-state index contributed by atoms with van der Waals surface area (Å²) in [6.07, 6.45) is 3.30. The first kappa shape index (κ1) is 22.8. The Balaban J connectivity index is 1.39. The Morgan fingerprint density at radius 3 is 2.71 bits per heavy atom. The number of anilines is 1. The summed E-state index contributed by atoms with van der Waals surface area (Å²) >= 11 is 0. The van der Waals surface area contributed by atoms with Crippen LogP contribution in [0.25, 0.3) is 11.2 Å². The van der Waals surface area contributed by atoms with Gasteiger partial charge in [0, 0.05) is 25.8 Å². The highest BCUT2D eigenvalue weighted by Crippen LogP contribution is 2.22. The van der Waals surface area contributed by atoms with Gasteiger partial charge in [-0.05, 0) is 43.0 Å². The number of carbonyl (C=O) groups excluding carboxylic acids is 1. The fraction of sp³-hybridized carbons (Fsp3) is 0.286. The van der Waals surface area contributed by atoms with Gasteiger partial charge < -0.3 is 10.2 Å². The van der Waals surface area contributed by atoms with Crippen molar-refractivity contribution >= 4 is 22.9 Å². The third kappa shape index (κ3) is 5.09. The van der Waals surface area contributed by atoms with Gasteiger partial charge in [-0.15, -0.1) is 0 Å². The van der Waals surface area contributed by atoms with Crippen molar-refractivity contribution in [2.24, 2.45) is 5.92 Å². The zero-order chi connectivity index (χ0) is 24.2. The Morgan fingerprint density at radius 2 is 1.89 bits per heavy atom. The Morgan fingerprint density at radius 1 is 1.06 bits per heavy atom. The maximum atomic E-state index is 13.6. The average Bonchev–Trinajstić information content (AvgIpc) is 2.89. The number of piperidine rings is 1. The number of nitrogens with zero attached hydrogens (tertiary/aromatic N) is 4. The molecule has 1 N–H and O–H groups in total. The molecule has 7 heteroatoms. The van der Waals surface area contributed by atoms with Crippen LogP contribution in [-0.2, 0) is 17.9 Å². The number of aryl methyl sites for hydroxylation is 1. The lowest BCUT2D eigenvalue weighted by Gasteiger charge is -2.32. The van der Waals surface area contributed by atoms with Gasteiger partial charge in [0.05, 0.1) is 12.5 Å². The number of carbonyl (C=O) groups is 1. The minimum atomic E-state index is -0.193. The molecule has 2 aromatic heterocycles. The molecule has 3 heterocycles. The number of pyridine rings is 1. The fourth-order valence-corrected chi connectivity index (χ4v) is 4.72. The third-order valence-corrected chi connectivity index (χ3v) is 6.51. The van der Waals surface area contributed by atoms with Crippen molar-refractivity contribution < 1.29 is 4.79 Å². The van der Waals surface area contributed by atoms with Gasteiger partial charge in [-0.25, -0.2) is 9.97 Å². The molecule has 1 aliphatic rings. The van der Waals surface area contributed by atoms with Crippen LogP contribution in [0.15, 0.2) is 77.7 Å². The number of hydrogen-bond acceptors (Lipinski definition) is 5. The second-order valence-electron chi connectivity index (χ2n) is 9.15. The third-order valence-electron chi connectivity index (χ3n) is 6.51. The molecule has 1 fully saturated rings. The quantitative estimate of drug-likeness (QED) is 0.468. The first-order valence-corrected chi connectivity index (χ1v) is 12.1. The number of aromatic nitrogens is 3. The molecule has 35 heavy (non-hydrogen) atoms. The van der Waals surface area contributed by atoms with Crippen molar-refractivity contribution in [3.63, 3.8) is 0 Å². The van der Waals surface area contributed by atoms with E-state index in [1.807, 2.05) is 72.5 Å². The van der Waals surface area contributed by atoms with E-state index in [1.165, 1.54) is 5.56 Å². The van der Waals surface area contributed by atoms with Crippen molar-refractivity contribution in [3.05, 3.63) is 100.0 Å². The van der Waals surface area contributed by atoms with Crippen LogP contribution in [0.5, 0.6) is 0 Å². The molecule has 0 bridgehead atoms. The summed E-state index contributed by atoms with van der Waals surface area (Å²) in [4.78, 5) is 37.7. The van der Waals surface area contributed by atoms with Crippen LogP contribution >= 0.6 is 0 Å². The van der Waals surface area contributed by atoms with Gasteiger partial charge in [0.15, 0.2) is 11.5 Å². The summed E-state index contributed by atoms with van der Waals surface area (Å²) in [6.45, 7) is 4.12. The number of benzene rings is 2. The zero-order valence-electron chi connectivity index (χ0n) is 19.9. The number of fused-ring (bicyclic) bond motifs is 1. The zero-order valence-corrected chi connectivity index (χ0v) is 19.9. The van der Waals surface area contributed by atoms with Crippen LogP contribution in [0.4, 0.5) is 5.82 Å². The van der Waals surface area contributed by atoms with Crippen molar-refractivity contribution in [1.29, 1.82) is 0 Å². The Hall–Kier alpha value is -4.00. The molecule has 2 aromatic carbocycles. The van der Waals surface area contributed by atoms with Crippen molar-refractivity contribution in [3.8, 4) is 0 Å². The average molecular weight is 468 g/mol. The maximum Gasteiger partial charge on any atom is 0.295 e. The van der Waals surface area contributed by atoms with Crippen LogP contribution in [0, 0.1) is 12.8 Å². The molecule has 0 saturated carbocycles. The highest BCUT2D eigenvalue weighted by molar-refractivity contribution is 5.79. The molecule has 0 aliphatic carbocycles. The summed E-state index contributed by atoms with van der Waals surface area (Å²) in [5, 5.41) is 3.08. The Bertz CT molecular complexity index is 1400. The highest BCUT2D eigenvalue weighted by Gasteiger charge is 2.28. The predicted molar refractivity (Wildman–Crippen MR) is 137 cm³/mol. The van der Waals surface area contributed by atoms with Crippen LogP contribution in [-0.4, -0.2) is 33.5 Å². The van der Waals surface area contributed by atoms with E-state index < -0.39 is 0 Å². The number of rotatable bonds is 6. The monoisotopic (exact) mass is 467 g/mol. The molecule has 1 aliphatic heterocycles. The van der Waals surface area contributed by atoms with Crippen LogP contribution in [0.1, 0.15) is 29.5 Å². The van der Waals surface area contributed by atoms with Gasteiger partial charge in [0.1, 0.15) is 5.52 Å². The van der Waals surface area contributed by atoms with Crippen molar-refractivity contribution in [2.75, 3.05) is 18.0 Å². The van der Waals surface area contributed by atoms with E-state index >= 15 is 0 Å². The molecule has 0 spiro atoms. The topological polar surface area (TPSA) is 80.1 Å². The highest BCUT2D eigenvalue weighted by atomic mass is 16.2. The molecule has 1 saturated heterocycles. The van der Waals surface area contributed by atoms with Crippen molar-refractivity contribution in [1.82, 2.24) is 19.9 Å². The normalized spacial score (nSPS) is 15.8. The summed E-state index contributed by atoms with van der Waals surface area (Å²) in [5.41, 5.74) is 4.33. The SMILES string of the molecule is Cc1cccc(CNC(=O)[C@H]2CCCN(c3nc4cccnc4n(Cc4ccccc4)c3=O)C2)c1. The number of nitrogens with one attached hydrogen (secondary N) is 1. The largest absolute Gasteiger partial charge is 0.352 e. The summed E-state index contributed by atoms with van der Waals surface area (Å²) in [5.74, 6) is 0.211. The molecule has 7 nitrogen and oxygen atoms in total. The lowest BCUT2D eigenvalue weighted by molar-refractivity contribution is -0.125. The Kier molecular flexibility index (Phi) is 6.57. The lowest BCUT2D eigenvalue weighted by Crippen LogP contribution is -2.45. The smallest absolute Gasteiger partial charge is 0.295 e. The van der Waals surface area contributed by atoms with E-state index in [2.05, 4.69) is 16.4 Å². The number of amides is 1. The molecule has 178 valence electrons. The molecule has 0 unspecified atom stereocenters. The van der Waals surface area contributed by atoms with E-state index in [0.717, 1.165) is 24.0 Å². The molecule has 1 atom stereocenters. The first-order valence-electron chi connectivity index (χ1n) is 12.1. The van der Waals surface area contributed by atoms with Crippen LogP contribution in [0.2, 0.25) is 0 Å². The van der Waals surface area contributed by atoms with E-state index in [1.54, 1.807) is 10.8 Å². The summed E-state index contributed by atoms with van der Waals surface area (Å²) < 4.78 is 1.69. The molecule has 5 rings (SSSR count). The molecule has 1 amide bonds. The minimum Gasteiger partial charge on any atom is -0.352 e. The van der Waals surface area contributed by atoms with Gasteiger partial charge in [-0.3, -0.25) is 14.2 Å². The molecular formula is C28H29N5O2. The fourth-order valence-electron chi connectivity index (χ4n) is 4.72. The lowest BCUT2D eigenvalue weighted by atomic mass is 9.97. The van der Waals surface area contributed by atoms with Gasteiger partial charge in [0.25, 0.3) is 5.56 Å². The maximum absolute atomic E-state index is 13.6. The van der Waals surface area contributed by atoms with Gasteiger partial charge in [0.2, 0.25) is 5.91 Å². The second kappa shape index (κ2) is 10.1. The molecular weight excluding hydrogens is 438 g/mol. The van der Waals surface area contributed by atoms with Gasteiger partial charge in [-0.1, -0.05) is 60.2 Å².